The van der Waals surface area contributed by atoms with E-state index in [1.807, 2.05) is 25.3 Å². The molecule has 2 heterocycles. The van der Waals surface area contributed by atoms with Gasteiger partial charge in [-0.05, 0) is 13.8 Å². The van der Waals surface area contributed by atoms with Gasteiger partial charge in [0.05, 0.1) is 6.33 Å². The monoisotopic (exact) mass is 220 g/mol. The van der Waals surface area contributed by atoms with Crippen LogP contribution in [0.15, 0.2) is 11.1 Å². The Kier molecular flexibility index (Phi) is 2.53. The van der Waals surface area contributed by atoms with Gasteiger partial charge in [-0.25, -0.2) is 9.97 Å². The van der Waals surface area contributed by atoms with Crippen molar-refractivity contribution in [3.05, 3.63) is 22.5 Å². The van der Waals surface area contributed by atoms with E-state index in [1.54, 1.807) is 17.9 Å². The molecule has 16 heavy (non-hydrogen) atoms. The third kappa shape index (κ3) is 1.43. The first-order valence-electron chi connectivity index (χ1n) is 5.48. The maximum absolute atomic E-state index is 12.0. The summed E-state index contributed by atoms with van der Waals surface area (Å²) in [5.74, 6) is 0.792. The van der Waals surface area contributed by atoms with Crippen LogP contribution in [-0.2, 0) is 13.5 Å². The molecular formula is C11H16N4O. The Hall–Kier alpha value is -1.65. The summed E-state index contributed by atoms with van der Waals surface area (Å²) in [6, 6.07) is 0.259. The average molecular weight is 220 g/mol. The summed E-state index contributed by atoms with van der Waals surface area (Å²) in [4.78, 5) is 20.6. The fraction of sp³-hybridized carbons (Fsp3) is 0.545. The molecule has 0 aliphatic carbocycles. The van der Waals surface area contributed by atoms with Gasteiger partial charge in [0.25, 0.3) is 5.56 Å². The number of fused-ring (bicyclic) bond motifs is 1. The van der Waals surface area contributed by atoms with Crippen LogP contribution in [0.1, 0.15) is 32.6 Å². The minimum atomic E-state index is -0.0683. The van der Waals surface area contributed by atoms with Crippen LogP contribution < -0.4 is 5.56 Å². The van der Waals surface area contributed by atoms with Crippen molar-refractivity contribution in [2.45, 2.75) is 33.2 Å². The first-order valence-corrected chi connectivity index (χ1v) is 5.48. The highest BCUT2D eigenvalue weighted by molar-refractivity contribution is 5.69. The molecule has 2 rings (SSSR count). The minimum Gasteiger partial charge on any atom is -0.313 e. The molecule has 0 unspecified atom stereocenters. The van der Waals surface area contributed by atoms with Crippen LogP contribution in [0.2, 0.25) is 0 Å². The van der Waals surface area contributed by atoms with Crippen LogP contribution in [0.5, 0.6) is 0 Å². The molecule has 0 fully saturated rings. The first-order chi connectivity index (χ1) is 7.56. The van der Waals surface area contributed by atoms with Gasteiger partial charge in [0.15, 0.2) is 11.2 Å². The molecule has 0 aromatic carbocycles. The van der Waals surface area contributed by atoms with Crippen molar-refractivity contribution in [1.82, 2.24) is 19.1 Å². The third-order valence-corrected chi connectivity index (χ3v) is 2.77. The lowest BCUT2D eigenvalue weighted by Crippen LogP contribution is -2.22. The fourth-order valence-corrected chi connectivity index (χ4v) is 1.78. The minimum absolute atomic E-state index is 0.0683. The molecule has 0 N–H and O–H groups in total. The predicted octanol–water partition coefficient (Wildman–Crippen LogP) is 1.27. The second-order valence-corrected chi connectivity index (χ2v) is 4.16. The highest BCUT2D eigenvalue weighted by Gasteiger charge is 2.13. The zero-order valence-corrected chi connectivity index (χ0v) is 10.1. The van der Waals surface area contributed by atoms with Crippen molar-refractivity contribution in [1.29, 1.82) is 0 Å². The van der Waals surface area contributed by atoms with Gasteiger partial charge in [-0.3, -0.25) is 9.36 Å². The van der Waals surface area contributed by atoms with Gasteiger partial charge in [0.1, 0.15) is 5.82 Å². The molecule has 0 radical (unpaired) electrons. The average Bonchev–Trinajstić information content (AvgIpc) is 2.67. The molecule has 0 saturated carbocycles. The summed E-state index contributed by atoms with van der Waals surface area (Å²) in [6.45, 7) is 6.08. The third-order valence-electron chi connectivity index (χ3n) is 2.77. The van der Waals surface area contributed by atoms with Gasteiger partial charge < -0.3 is 4.57 Å². The van der Waals surface area contributed by atoms with Gasteiger partial charge in [0.2, 0.25) is 0 Å². The van der Waals surface area contributed by atoms with E-state index < -0.39 is 0 Å². The van der Waals surface area contributed by atoms with Crippen molar-refractivity contribution >= 4 is 11.2 Å². The van der Waals surface area contributed by atoms with Crippen molar-refractivity contribution in [3.63, 3.8) is 0 Å². The predicted molar refractivity (Wildman–Crippen MR) is 62.5 cm³/mol. The van der Waals surface area contributed by atoms with E-state index in [2.05, 4.69) is 9.97 Å². The summed E-state index contributed by atoms with van der Waals surface area (Å²) in [5.41, 5.74) is 1.07. The van der Waals surface area contributed by atoms with Crippen LogP contribution in [0.3, 0.4) is 0 Å². The number of aryl methyl sites for hydroxylation is 1. The van der Waals surface area contributed by atoms with E-state index in [0.29, 0.717) is 11.2 Å². The molecule has 5 nitrogen and oxygen atoms in total. The second kappa shape index (κ2) is 3.73. The van der Waals surface area contributed by atoms with Crippen molar-refractivity contribution < 1.29 is 0 Å². The molecular weight excluding hydrogens is 204 g/mol. The van der Waals surface area contributed by atoms with E-state index in [1.165, 1.54) is 0 Å². The number of aromatic nitrogens is 4. The van der Waals surface area contributed by atoms with Gasteiger partial charge in [-0.15, -0.1) is 0 Å². The topological polar surface area (TPSA) is 52.7 Å². The molecule has 2 aromatic rings. The first kappa shape index (κ1) is 10.9. The maximum Gasteiger partial charge on any atom is 0.281 e. The largest absolute Gasteiger partial charge is 0.313 e. The van der Waals surface area contributed by atoms with Crippen molar-refractivity contribution in [2.24, 2.45) is 7.05 Å². The Bertz CT molecular complexity index is 579. The molecule has 0 saturated heterocycles. The van der Waals surface area contributed by atoms with E-state index in [-0.39, 0.29) is 11.6 Å². The van der Waals surface area contributed by atoms with Crippen LogP contribution in [-0.4, -0.2) is 19.1 Å². The Balaban J connectivity index is 2.85. The van der Waals surface area contributed by atoms with E-state index in [4.69, 9.17) is 0 Å². The highest BCUT2D eigenvalue weighted by Crippen LogP contribution is 2.12. The number of rotatable bonds is 2. The summed E-state index contributed by atoms with van der Waals surface area (Å²) in [5, 5.41) is 0. The molecule has 0 aliphatic rings. The molecule has 0 spiro atoms. The summed E-state index contributed by atoms with van der Waals surface area (Å²) in [7, 11) is 1.74. The second-order valence-electron chi connectivity index (χ2n) is 4.16. The smallest absolute Gasteiger partial charge is 0.281 e. The zero-order valence-electron chi connectivity index (χ0n) is 10.1. The molecule has 86 valence electrons. The van der Waals surface area contributed by atoms with E-state index in [9.17, 15) is 4.79 Å². The van der Waals surface area contributed by atoms with Gasteiger partial charge >= 0.3 is 0 Å². The summed E-state index contributed by atoms with van der Waals surface area (Å²) in [6.07, 6.45) is 2.42. The maximum atomic E-state index is 12.0. The molecule has 5 heteroatoms. The van der Waals surface area contributed by atoms with Crippen LogP contribution >= 0.6 is 0 Å². The summed E-state index contributed by atoms with van der Waals surface area (Å²) < 4.78 is 3.50. The van der Waals surface area contributed by atoms with Crippen LogP contribution in [0, 0.1) is 0 Å². The highest BCUT2D eigenvalue weighted by atomic mass is 16.1. The summed E-state index contributed by atoms with van der Waals surface area (Å²) >= 11 is 0. The van der Waals surface area contributed by atoms with Crippen LogP contribution in [0.4, 0.5) is 0 Å². The molecule has 0 aliphatic heterocycles. The Morgan fingerprint density at radius 1 is 1.44 bits per heavy atom. The number of nitrogens with zero attached hydrogens (tertiary/aromatic N) is 4. The van der Waals surface area contributed by atoms with Gasteiger partial charge in [-0.2, -0.15) is 0 Å². The lowest BCUT2D eigenvalue weighted by Gasteiger charge is -2.09. The zero-order chi connectivity index (χ0) is 11.9. The number of hydrogen-bond donors (Lipinski definition) is 0. The molecule has 2 aromatic heterocycles. The van der Waals surface area contributed by atoms with Gasteiger partial charge in [-0.1, -0.05) is 6.92 Å². The molecule has 0 atom stereocenters. The van der Waals surface area contributed by atoms with Crippen LogP contribution in [0.25, 0.3) is 11.2 Å². The number of hydrogen-bond acceptors (Lipinski definition) is 3. The van der Waals surface area contributed by atoms with E-state index in [0.717, 1.165) is 12.2 Å². The quantitative estimate of drug-likeness (QED) is 0.766. The molecule has 0 bridgehead atoms. The Labute approximate surface area is 93.8 Å². The normalized spacial score (nSPS) is 11.6. The standard InChI is InChI=1S/C11H16N4O/c1-5-8-13-10-9(11(16)14(8)4)12-6-15(10)7(2)3/h6-7H,5H2,1-4H3. The SMILES string of the molecule is CCc1nc2c(ncn2C(C)C)c(=O)n1C. The lowest BCUT2D eigenvalue weighted by atomic mass is 10.3. The van der Waals surface area contributed by atoms with Crippen molar-refractivity contribution in [2.75, 3.05) is 0 Å². The Morgan fingerprint density at radius 3 is 2.69 bits per heavy atom. The van der Waals surface area contributed by atoms with Gasteiger partial charge in [0, 0.05) is 19.5 Å². The fourth-order valence-electron chi connectivity index (χ4n) is 1.78. The van der Waals surface area contributed by atoms with Crippen molar-refractivity contribution in [3.8, 4) is 0 Å². The number of imidazole rings is 1. The Morgan fingerprint density at radius 2 is 2.12 bits per heavy atom. The lowest BCUT2D eigenvalue weighted by molar-refractivity contribution is 0.609. The van der Waals surface area contributed by atoms with E-state index >= 15 is 0 Å². The molecule has 0 amide bonds.